The van der Waals surface area contributed by atoms with E-state index in [1.54, 1.807) is 24.3 Å². The average molecular weight is 297 g/mol. The van der Waals surface area contributed by atoms with Crippen LogP contribution in [-0.2, 0) is 0 Å². The van der Waals surface area contributed by atoms with Crippen molar-refractivity contribution in [2.75, 3.05) is 0 Å². The maximum atomic E-state index is 12.1. The van der Waals surface area contributed by atoms with Gasteiger partial charge in [0.1, 0.15) is 0 Å². The van der Waals surface area contributed by atoms with Gasteiger partial charge < -0.3 is 0 Å². The van der Waals surface area contributed by atoms with Crippen molar-refractivity contribution in [1.29, 1.82) is 0 Å². The summed E-state index contributed by atoms with van der Waals surface area (Å²) >= 11 is 3.26. The van der Waals surface area contributed by atoms with Crippen molar-refractivity contribution >= 4 is 15.9 Å². The summed E-state index contributed by atoms with van der Waals surface area (Å²) in [5.41, 5.74) is 3.14. The molecule has 0 saturated heterocycles. The van der Waals surface area contributed by atoms with Crippen LogP contribution in [-0.4, -0.2) is 6.18 Å². The number of nitrogens with one attached hydrogen (secondary N) is 1. The number of hydrogen-bond acceptors (Lipinski definition) is 2. The number of rotatable bonds is 4. The minimum atomic E-state index is -4.15. The van der Waals surface area contributed by atoms with Gasteiger partial charge in [-0.15, -0.1) is 0 Å². The van der Waals surface area contributed by atoms with Gasteiger partial charge in [0.15, 0.2) is 0 Å². The maximum absolute atomic E-state index is 12.1. The molecule has 3 N–H and O–H groups in total. The molecule has 0 spiro atoms. The summed E-state index contributed by atoms with van der Waals surface area (Å²) in [7, 11) is 0. The van der Waals surface area contributed by atoms with Gasteiger partial charge in [0.25, 0.3) is 0 Å². The first-order valence-electron chi connectivity index (χ1n) is 4.71. The first-order valence-corrected chi connectivity index (χ1v) is 5.50. The van der Waals surface area contributed by atoms with Crippen LogP contribution in [0.4, 0.5) is 13.2 Å². The summed E-state index contributed by atoms with van der Waals surface area (Å²) in [6, 6.07) is 6.55. The Morgan fingerprint density at radius 2 is 1.81 bits per heavy atom. The summed E-state index contributed by atoms with van der Waals surface area (Å²) < 4.78 is 37.0. The predicted molar refractivity (Wildman–Crippen MR) is 59.5 cm³/mol. The summed E-state index contributed by atoms with van der Waals surface area (Å²) in [6.45, 7) is 0. The highest BCUT2D eigenvalue weighted by molar-refractivity contribution is 9.10. The van der Waals surface area contributed by atoms with Crippen LogP contribution >= 0.6 is 15.9 Å². The zero-order valence-corrected chi connectivity index (χ0v) is 9.98. The second-order valence-electron chi connectivity index (χ2n) is 3.42. The monoisotopic (exact) mass is 296 g/mol. The fourth-order valence-corrected chi connectivity index (χ4v) is 1.61. The van der Waals surface area contributed by atoms with E-state index in [2.05, 4.69) is 21.4 Å². The Labute approximate surface area is 100 Å². The minimum Gasteiger partial charge on any atom is -0.271 e. The lowest BCUT2D eigenvalue weighted by atomic mass is 10.0. The standard InChI is InChI=1S/C10H12BrF3N2/c11-8-3-1-7(2-4-8)9(16-15)5-6-10(12,13)14/h1-4,9,16H,5-6,15H2. The molecule has 16 heavy (non-hydrogen) atoms. The molecule has 0 aliphatic rings. The predicted octanol–water partition coefficient (Wildman–Crippen LogP) is 3.30. The first-order chi connectivity index (χ1) is 7.42. The van der Waals surface area contributed by atoms with Gasteiger partial charge in [-0.25, -0.2) is 0 Å². The maximum Gasteiger partial charge on any atom is 0.389 e. The summed E-state index contributed by atoms with van der Waals surface area (Å²) in [5, 5.41) is 0. The number of hydrazine groups is 1. The largest absolute Gasteiger partial charge is 0.389 e. The van der Waals surface area contributed by atoms with Crippen molar-refractivity contribution in [1.82, 2.24) is 5.43 Å². The van der Waals surface area contributed by atoms with Crippen LogP contribution in [0.15, 0.2) is 28.7 Å². The molecule has 0 heterocycles. The van der Waals surface area contributed by atoms with Gasteiger partial charge >= 0.3 is 6.18 Å². The molecule has 1 atom stereocenters. The van der Waals surface area contributed by atoms with E-state index >= 15 is 0 Å². The number of nitrogens with two attached hydrogens (primary N) is 1. The van der Waals surface area contributed by atoms with Crippen LogP contribution in [0.2, 0.25) is 0 Å². The van der Waals surface area contributed by atoms with Gasteiger partial charge in [0.05, 0.1) is 0 Å². The van der Waals surface area contributed by atoms with E-state index in [9.17, 15) is 13.2 Å². The molecular weight excluding hydrogens is 285 g/mol. The van der Waals surface area contributed by atoms with Crippen molar-refractivity contribution in [3.63, 3.8) is 0 Å². The molecule has 0 aliphatic heterocycles. The quantitative estimate of drug-likeness (QED) is 0.661. The van der Waals surface area contributed by atoms with E-state index in [-0.39, 0.29) is 6.42 Å². The topological polar surface area (TPSA) is 38.0 Å². The second-order valence-corrected chi connectivity index (χ2v) is 4.34. The van der Waals surface area contributed by atoms with Crippen molar-refractivity contribution in [3.8, 4) is 0 Å². The molecule has 1 rings (SSSR count). The Morgan fingerprint density at radius 1 is 1.25 bits per heavy atom. The van der Waals surface area contributed by atoms with Crippen molar-refractivity contribution < 1.29 is 13.2 Å². The molecule has 2 nitrogen and oxygen atoms in total. The van der Waals surface area contributed by atoms with E-state index in [0.29, 0.717) is 0 Å². The van der Waals surface area contributed by atoms with Crippen molar-refractivity contribution in [3.05, 3.63) is 34.3 Å². The molecule has 6 heteroatoms. The molecule has 0 saturated carbocycles. The lowest BCUT2D eigenvalue weighted by Gasteiger charge is -2.17. The molecule has 1 aromatic rings. The molecule has 1 unspecified atom stereocenters. The number of halogens is 4. The van der Waals surface area contributed by atoms with E-state index in [1.807, 2.05) is 0 Å². The molecule has 0 aliphatic carbocycles. The summed E-state index contributed by atoms with van der Waals surface area (Å²) in [6.07, 6.45) is -5.07. The Kier molecular flexibility index (Phi) is 4.76. The van der Waals surface area contributed by atoms with E-state index in [4.69, 9.17) is 5.84 Å². The minimum absolute atomic E-state index is 0.0678. The van der Waals surface area contributed by atoms with E-state index in [1.165, 1.54) is 0 Å². The Morgan fingerprint density at radius 3 is 2.25 bits per heavy atom. The SMILES string of the molecule is NNC(CCC(F)(F)F)c1ccc(Br)cc1. The molecule has 0 aromatic heterocycles. The lowest BCUT2D eigenvalue weighted by Crippen LogP contribution is -2.29. The van der Waals surface area contributed by atoms with E-state index < -0.39 is 18.6 Å². The van der Waals surface area contributed by atoms with Gasteiger partial charge in [-0.1, -0.05) is 28.1 Å². The number of hydrogen-bond donors (Lipinski definition) is 2. The third-order valence-electron chi connectivity index (χ3n) is 2.19. The molecule has 0 amide bonds. The Hall–Kier alpha value is -0.590. The molecule has 0 radical (unpaired) electrons. The second kappa shape index (κ2) is 5.65. The van der Waals surface area contributed by atoms with Gasteiger partial charge in [0, 0.05) is 16.9 Å². The zero-order valence-electron chi connectivity index (χ0n) is 8.39. The molecule has 0 bridgehead atoms. The average Bonchev–Trinajstić information content (AvgIpc) is 2.20. The lowest BCUT2D eigenvalue weighted by molar-refractivity contribution is -0.136. The van der Waals surface area contributed by atoms with E-state index in [0.717, 1.165) is 10.0 Å². The fourth-order valence-electron chi connectivity index (χ4n) is 1.35. The van der Waals surface area contributed by atoms with Crippen LogP contribution in [0.5, 0.6) is 0 Å². The molecular formula is C10H12BrF3N2. The fraction of sp³-hybridized carbons (Fsp3) is 0.400. The van der Waals surface area contributed by atoms with Crippen molar-refractivity contribution in [2.45, 2.75) is 25.1 Å². The van der Waals surface area contributed by atoms with Crippen LogP contribution in [0.25, 0.3) is 0 Å². The highest BCUT2D eigenvalue weighted by Crippen LogP contribution is 2.27. The number of benzene rings is 1. The Bertz CT molecular complexity index is 324. The smallest absolute Gasteiger partial charge is 0.271 e. The third kappa shape index (κ3) is 4.51. The van der Waals surface area contributed by atoms with Crippen LogP contribution in [0.1, 0.15) is 24.4 Å². The van der Waals surface area contributed by atoms with Gasteiger partial charge in [-0.3, -0.25) is 11.3 Å². The Balaban J connectivity index is 2.64. The van der Waals surface area contributed by atoms with Crippen LogP contribution in [0.3, 0.4) is 0 Å². The molecule has 90 valence electrons. The molecule has 0 fully saturated rings. The van der Waals surface area contributed by atoms with Gasteiger partial charge in [0.2, 0.25) is 0 Å². The summed E-state index contributed by atoms with van der Waals surface area (Å²) in [4.78, 5) is 0. The number of alkyl halides is 3. The highest BCUT2D eigenvalue weighted by atomic mass is 79.9. The third-order valence-corrected chi connectivity index (χ3v) is 2.72. The zero-order chi connectivity index (χ0) is 12.2. The van der Waals surface area contributed by atoms with Crippen LogP contribution < -0.4 is 11.3 Å². The summed E-state index contributed by atoms with van der Waals surface area (Å²) in [5.74, 6) is 5.24. The van der Waals surface area contributed by atoms with Gasteiger partial charge in [-0.2, -0.15) is 13.2 Å². The molecule has 1 aromatic carbocycles. The van der Waals surface area contributed by atoms with Crippen molar-refractivity contribution in [2.24, 2.45) is 5.84 Å². The first kappa shape index (κ1) is 13.5. The van der Waals surface area contributed by atoms with Gasteiger partial charge in [-0.05, 0) is 24.1 Å². The van der Waals surface area contributed by atoms with Crippen LogP contribution in [0, 0.1) is 0 Å². The normalized spacial score (nSPS) is 13.8. The highest BCUT2D eigenvalue weighted by Gasteiger charge is 2.28.